The van der Waals surface area contributed by atoms with E-state index >= 15 is 0 Å². The van der Waals surface area contributed by atoms with Gasteiger partial charge in [0, 0.05) is 25.5 Å². The number of aromatic nitrogens is 1. The lowest BCUT2D eigenvalue weighted by Gasteiger charge is -2.04. The van der Waals surface area contributed by atoms with Crippen LogP contribution in [0.5, 0.6) is 0 Å². The van der Waals surface area contributed by atoms with Crippen molar-refractivity contribution < 1.29 is 4.39 Å². The van der Waals surface area contributed by atoms with Gasteiger partial charge >= 0.3 is 0 Å². The predicted octanol–water partition coefficient (Wildman–Crippen LogP) is 2.27. The quantitative estimate of drug-likeness (QED) is 0.894. The Morgan fingerprint density at radius 3 is 2.89 bits per heavy atom. The van der Waals surface area contributed by atoms with Gasteiger partial charge in [-0.05, 0) is 36.4 Å². The molecule has 18 heavy (non-hydrogen) atoms. The number of hydrogen-bond acceptors (Lipinski definition) is 2. The van der Waals surface area contributed by atoms with Crippen LogP contribution in [0.3, 0.4) is 0 Å². The molecule has 3 nitrogen and oxygen atoms in total. The molecule has 0 radical (unpaired) electrons. The normalized spacial score (nSPS) is 10.3. The molecule has 1 aromatic heterocycles. The molecule has 1 N–H and O–H groups in total. The Bertz CT molecular complexity index is 581. The minimum absolute atomic E-state index is 0.0927. The number of hydrogen-bond donors (Lipinski definition) is 1. The molecule has 4 heteroatoms. The predicted molar refractivity (Wildman–Crippen MR) is 67.4 cm³/mol. The Balaban J connectivity index is 2.15. The molecule has 0 spiro atoms. The van der Waals surface area contributed by atoms with Gasteiger partial charge in [0.25, 0.3) is 0 Å². The summed E-state index contributed by atoms with van der Waals surface area (Å²) in [6.45, 7) is 1.46. The van der Waals surface area contributed by atoms with E-state index in [4.69, 9.17) is 5.26 Å². The molecule has 2 aromatic rings. The highest BCUT2D eigenvalue weighted by Crippen LogP contribution is 2.12. The minimum Gasteiger partial charge on any atom is -0.350 e. The van der Waals surface area contributed by atoms with E-state index in [1.54, 1.807) is 12.1 Å². The van der Waals surface area contributed by atoms with Crippen LogP contribution in [0.1, 0.15) is 16.7 Å². The first-order valence-corrected chi connectivity index (χ1v) is 5.70. The molecule has 1 aromatic carbocycles. The number of nitrogens with one attached hydrogen (secondary N) is 1. The van der Waals surface area contributed by atoms with E-state index in [0.717, 1.165) is 12.1 Å². The van der Waals surface area contributed by atoms with E-state index < -0.39 is 5.82 Å². The summed E-state index contributed by atoms with van der Waals surface area (Å²) in [7, 11) is 1.90. The van der Waals surface area contributed by atoms with Crippen LogP contribution < -0.4 is 5.32 Å². The first-order valence-electron chi connectivity index (χ1n) is 5.70. The molecule has 0 unspecified atom stereocenters. The lowest BCUT2D eigenvalue weighted by molar-refractivity contribution is 0.622. The zero-order valence-electron chi connectivity index (χ0n) is 10.2. The standard InChI is InChI=1S/C14H14FN3/c1-17-8-12-4-5-18(10-12)9-11-2-3-14(15)13(6-11)7-16/h2-6,10,17H,8-9H2,1H3. The van der Waals surface area contributed by atoms with Crippen molar-refractivity contribution in [2.24, 2.45) is 0 Å². The van der Waals surface area contributed by atoms with Gasteiger partial charge in [0.2, 0.25) is 0 Å². The van der Waals surface area contributed by atoms with E-state index in [0.29, 0.717) is 6.54 Å². The molecule has 0 aliphatic heterocycles. The highest BCUT2D eigenvalue weighted by molar-refractivity contribution is 5.34. The third-order valence-electron chi connectivity index (χ3n) is 2.71. The van der Waals surface area contributed by atoms with Gasteiger partial charge in [-0.15, -0.1) is 0 Å². The maximum absolute atomic E-state index is 13.2. The van der Waals surface area contributed by atoms with Crippen LogP contribution in [-0.2, 0) is 13.1 Å². The molecule has 0 fully saturated rings. The highest BCUT2D eigenvalue weighted by atomic mass is 19.1. The van der Waals surface area contributed by atoms with Gasteiger partial charge in [0.15, 0.2) is 0 Å². The molecule has 0 aliphatic rings. The third kappa shape index (κ3) is 2.76. The van der Waals surface area contributed by atoms with Gasteiger partial charge in [-0.3, -0.25) is 0 Å². The molecule has 92 valence electrons. The van der Waals surface area contributed by atoms with Crippen LogP contribution >= 0.6 is 0 Å². The Labute approximate surface area is 105 Å². The number of nitriles is 1. The molecule has 0 amide bonds. The van der Waals surface area contributed by atoms with Crippen molar-refractivity contribution in [2.45, 2.75) is 13.1 Å². The molecular formula is C14H14FN3. The molecule has 1 heterocycles. The molecule has 2 rings (SSSR count). The van der Waals surface area contributed by atoms with Crippen LogP contribution in [0.2, 0.25) is 0 Å². The minimum atomic E-state index is -0.468. The maximum Gasteiger partial charge on any atom is 0.140 e. The molecule has 0 bridgehead atoms. The van der Waals surface area contributed by atoms with Crippen molar-refractivity contribution in [3.63, 3.8) is 0 Å². The summed E-state index contributed by atoms with van der Waals surface area (Å²) in [5.74, 6) is -0.468. The zero-order chi connectivity index (χ0) is 13.0. The molecule has 0 saturated heterocycles. The number of halogens is 1. The SMILES string of the molecule is CNCc1ccn(Cc2ccc(F)c(C#N)c2)c1. The fourth-order valence-corrected chi connectivity index (χ4v) is 1.86. The second kappa shape index (κ2) is 5.48. The van der Waals surface area contributed by atoms with Gasteiger partial charge in [-0.2, -0.15) is 5.26 Å². The smallest absolute Gasteiger partial charge is 0.140 e. The van der Waals surface area contributed by atoms with Gasteiger partial charge in [-0.1, -0.05) is 6.07 Å². The Morgan fingerprint density at radius 2 is 2.17 bits per heavy atom. The summed E-state index contributed by atoms with van der Waals surface area (Å²) < 4.78 is 15.2. The largest absolute Gasteiger partial charge is 0.350 e. The lowest BCUT2D eigenvalue weighted by Crippen LogP contribution is -2.04. The van der Waals surface area contributed by atoms with Crippen molar-refractivity contribution in [1.82, 2.24) is 9.88 Å². The van der Waals surface area contributed by atoms with Crippen molar-refractivity contribution in [2.75, 3.05) is 7.05 Å². The fraction of sp³-hybridized carbons (Fsp3) is 0.214. The topological polar surface area (TPSA) is 40.8 Å². The fourth-order valence-electron chi connectivity index (χ4n) is 1.86. The van der Waals surface area contributed by atoms with Crippen LogP contribution in [0.25, 0.3) is 0 Å². The zero-order valence-corrected chi connectivity index (χ0v) is 10.2. The van der Waals surface area contributed by atoms with Crippen LogP contribution in [0, 0.1) is 17.1 Å². The summed E-state index contributed by atoms with van der Waals surface area (Å²) in [6, 6.07) is 8.52. The second-order valence-electron chi connectivity index (χ2n) is 4.15. The molecule has 0 atom stereocenters. The molecule has 0 aliphatic carbocycles. The summed E-state index contributed by atoms with van der Waals surface area (Å²) in [6.07, 6.45) is 4.01. The van der Waals surface area contributed by atoms with E-state index in [9.17, 15) is 4.39 Å². The second-order valence-corrected chi connectivity index (χ2v) is 4.15. The van der Waals surface area contributed by atoms with E-state index in [1.807, 2.05) is 36.1 Å². The monoisotopic (exact) mass is 243 g/mol. The average molecular weight is 243 g/mol. The van der Waals surface area contributed by atoms with Crippen LogP contribution in [0.4, 0.5) is 4.39 Å². The average Bonchev–Trinajstić information content (AvgIpc) is 2.80. The Morgan fingerprint density at radius 1 is 1.33 bits per heavy atom. The summed E-state index contributed by atoms with van der Waals surface area (Å²) in [5.41, 5.74) is 2.20. The highest BCUT2D eigenvalue weighted by Gasteiger charge is 2.03. The number of benzene rings is 1. The Hall–Kier alpha value is -2.12. The van der Waals surface area contributed by atoms with Gasteiger partial charge in [-0.25, -0.2) is 4.39 Å². The van der Waals surface area contributed by atoms with E-state index in [-0.39, 0.29) is 5.56 Å². The maximum atomic E-state index is 13.2. The van der Waals surface area contributed by atoms with Crippen LogP contribution in [-0.4, -0.2) is 11.6 Å². The van der Waals surface area contributed by atoms with Crippen molar-refractivity contribution in [3.8, 4) is 6.07 Å². The summed E-state index contributed by atoms with van der Waals surface area (Å²) in [4.78, 5) is 0. The first kappa shape index (κ1) is 12.3. The van der Waals surface area contributed by atoms with Crippen LogP contribution in [0.15, 0.2) is 36.7 Å². The summed E-state index contributed by atoms with van der Waals surface area (Å²) >= 11 is 0. The number of rotatable bonds is 4. The van der Waals surface area contributed by atoms with Gasteiger partial charge in [0.05, 0.1) is 5.56 Å². The van der Waals surface area contributed by atoms with Gasteiger partial charge < -0.3 is 9.88 Å². The first-order chi connectivity index (χ1) is 8.72. The van der Waals surface area contributed by atoms with Crippen molar-refractivity contribution in [1.29, 1.82) is 5.26 Å². The van der Waals surface area contributed by atoms with E-state index in [2.05, 4.69) is 5.32 Å². The van der Waals surface area contributed by atoms with Gasteiger partial charge in [0.1, 0.15) is 11.9 Å². The van der Waals surface area contributed by atoms with E-state index in [1.165, 1.54) is 11.6 Å². The Kier molecular flexibility index (Phi) is 3.75. The number of nitrogens with zero attached hydrogens (tertiary/aromatic N) is 2. The molecular weight excluding hydrogens is 229 g/mol. The third-order valence-corrected chi connectivity index (χ3v) is 2.71. The lowest BCUT2D eigenvalue weighted by atomic mass is 10.1. The van der Waals surface area contributed by atoms with Crippen molar-refractivity contribution >= 4 is 0 Å². The summed E-state index contributed by atoms with van der Waals surface area (Å²) in [5, 5.41) is 11.9. The molecule has 0 saturated carbocycles. The van der Waals surface area contributed by atoms with Crippen molar-refractivity contribution in [3.05, 3.63) is 59.2 Å².